The number of benzene rings is 1. The molecule has 1 aliphatic heterocycles. The largest absolute Gasteiger partial charge is 0.310 e. The van der Waals surface area contributed by atoms with Crippen molar-refractivity contribution in [2.45, 2.75) is 44.1 Å². The van der Waals surface area contributed by atoms with Gasteiger partial charge >= 0.3 is 0 Å². The van der Waals surface area contributed by atoms with Crippen LogP contribution < -0.4 is 5.32 Å². The van der Waals surface area contributed by atoms with E-state index in [1.807, 2.05) is 6.20 Å². The molecular weight excluding hydrogens is 246 g/mol. The summed E-state index contributed by atoms with van der Waals surface area (Å²) in [6.07, 6.45) is 8.46. The molecule has 1 saturated carbocycles. The SMILES string of the molecule is c1cc(C2CC2)n(-c2ccc(C3CCCCN3)cc2)n1. The van der Waals surface area contributed by atoms with Gasteiger partial charge in [-0.15, -0.1) is 0 Å². The zero-order valence-corrected chi connectivity index (χ0v) is 11.8. The minimum Gasteiger partial charge on any atom is -0.310 e. The van der Waals surface area contributed by atoms with Crippen molar-refractivity contribution in [2.75, 3.05) is 6.54 Å². The van der Waals surface area contributed by atoms with Crippen LogP contribution in [0.2, 0.25) is 0 Å². The monoisotopic (exact) mass is 267 g/mol. The maximum absolute atomic E-state index is 4.49. The van der Waals surface area contributed by atoms with E-state index < -0.39 is 0 Å². The number of hydrogen-bond acceptors (Lipinski definition) is 2. The molecule has 0 spiro atoms. The summed E-state index contributed by atoms with van der Waals surface area (Å²) < 4.78 is 2.11. The van der Waals surface area contributed by atoms with E-state index >= 15 is 0 Å². The van der Waals surface area contributed by atoms with Gasteiger partial charge in [0.25, 0.3) is 0 Å². The number of aromatic nitrogens is 2. The molecule has 2 heterocycles. The predicted octanol–water partition coefficient (Wildman–Crippen LogP) is 3.56. The first kappa shape index (κ1) is 12.2. The van der Waals surface area contributed by atoms with E-state index in [4.69, 9.17) is 0 Å². The Balaban J connectivity index is 1.58. The third-order valence-electron chi connectivity index (χ3n) is 4.52. The lowest BCUT2D eigenvalue weighted by Crippen LogP contribution is -2.26. The summed E-state index contributed by atoms with van der Waals surface area (Å²) in [5.74, 6) is 0.734. The molecule has 1 saturated heterocycles. The first-order valence-electron chi connectivity index (χ1n) is 7.79. The van der Waals surface area contributed by atoms with Crippen molar-refractivity contribution in [3.05, 3.63) is 47.8 Å². The molecule has 1 unspecified atom stereocenters. The van der Waals surface area contributed by atoms with Crippen molar-refractivity contribution in [1.82, 2.24) is 15.1 Å². The second-order valence-corrected chi connectivity index (χ2v) is 6.04. The standard InChI is InChI=1S/C17H21N3/c1-2-11-18-16(3-1)13-6-8-15(9-7-13)20-17(10-12-19-20)14-4-5-14/h6-10,12,14,16,18H,1-5,11H2. The second-order valence-electron chi connectivity index (χ2n) is 6.04. The van der Waals surface area contributed by atoms with Crippen molar-refractivity contribution < 1.29 is 0 Å². The van der Waals surface area contributed by atoms with Crippen LogP contribution in [-0.2, 0) is 0 Å². The number of nitrogens with one attached hydrogen (secondary N) is 1. The molecule has 3 heteroatoms. The van der Waals surface area contributed by atoms with Gasteiger partial charge in [0.05, 0.1) is 5.69 Å². The van der Waals surface area contributed by atoms with E-state index in [0.717, 1.165) is 12.5 Å². The molecular formula is C17H21N3. The van der Waals surface area contributed by atoms with Gasteiger partial charge in [-0.05, 0) is 56.0 Å². The van der Waals surface area contributed by atoms with Crippen molar-refractivity contribution >= 4 is 0 Å². The van der Waals surface area contributed by atoms with Crippen molar-refractivity contribution in [3.8, 4) is 5.69 Å². The third-order valence-corrected chi connectivity index (χ3v) is 4.52. The Bertz CT molecular complexity index is 575. The lowest BCUT2D eigenvalue weighted by atomic mass is 9.97. The highest BCUT2D eigenvalue weighted by Crippen LogP contribution is 2.40. The zero-order valence-electron chi connectivity index (χ0n) is 11.8. The Kier molecular flexibility index (Phi) is 3.07. The predicted molar refractivity (Wildman–Crippen MR) is 80.1 cm³/mol. The van der Waals surface area contributed by atoms with Gasteiger partial charge in [0.1, 0.15) is 0 Å². The Morgan fingerprint density at radius 1 is 1.00 bits per heavy atom. The molecule has 2 aromatic rings. The molecule has 1 aromatic heterocycles. The summed E-state index contributed by atoms with van der Waals surface area (Å²) in [5.41, 5.74) is 3.97. The topological polar surface area (TPSA) is 29.9 Å². The van der Waals surface area contributed by atoms with Crippen LogP contribution in [0.1, 0.15) is 55.3 Å². The fraction of sp³-hybridized carbons (Fsp3) is 0.471. The number of piperidine rings is 1. The Labute approximate surface area is 120 Å². The van der Waals surface area contributed by atoms with E-state index in [0.29, 0.717) is 6.04 Å². The van der Waals surface area contributed by atoms with Crippen LogP contribution in [0.15, 0.2) is 36.5 Å². The first-order valence-corrected chi connectivity index (χ1v) is 7.79. The van der Waals surface area contributed by atoms with Crippen LogP contribution in [0.5, 0.6) is 0 Å². The van der Waals surface area contributed by atoms with Crippen LogP contribution in [-0.4, -0.2) is 16.3 Å². The highest BCUT2D eigenvalue weighted by Gasteiger charge is 2.27. The summed E-state index contributed by atoms with van der Waals surface area (Å²) in [7, 11) is 0. The molecule has 1 aliphatic carbocycles. The van der Waals surface area contributed by atoms with Gasteiger partial charge in [0, 0.05) is 23.9 Å². The van der Waals surface area contributed by atoms with E-state index in [-0.39, 0.29) is 0 Å². The average molecular weight is 267 g/mol. The molecule has 4 rings (SSSR count). The Hall–Kier alpha value is -1.61. The fourth-order valence-corrected chi connectivity index (χ4v) is 3.20. The summed E-state index contributed by atoms with van der Waals surface area (Å²) in [5, 5.41) is 8.10. The fourth-order valence-electron chi connectivity index (χ4n) is 3.20. The molecule has 0 radical (unpaired) electrons. The molecule has 1 atom stereocenters. The third kappa shape index (κ3) is 2.27. The van der Waals surface area contributed by atoms with E-state index in [2.05, 4.69) is 45.4 Å². The maximum Gasteiger partial charge on any atom is 0.0649 e. The lowest BCUT2D eigenvalue weighted by Gasteiger charge is -2.24. The van der Waals surface area contributed by atoms with Crippen LogP contribution in [0.3, 0.4) is 0 Å². The van der Waals surface area contributed by atoms with E-state index in [1.165, 1.54) is 49.0 Å². The van der Waals surface area contributed by atoms with Gasteiger partial charge in [-0.2, -0.15) is 5.10 Å². The summed E-state index contributed by atoms with van der Waals surface area (Å²) in [6.45, 7) is 1.15. The average Bonchev–Trinajstić information content (AvgIpc) is 3.25. The van der Waals surface area contributed by atoms with Gasteiger partial charge < -0.3 is 5.32 Å². The van der Waals surface area contributed by atoms with E-state index in [9.17, 15) is 0 Å². The number of nitrogens with zero attached hydrogens (tertiary/aromatic N) is 2. The van der Waals surface area contributed by atoms with Crippen LogP contribution in [0, 0.1) is 0 Å². The molecule has 2 aliphatic rings. The van der Waals surface area contributed by atoms with Gasteiger partial charge in [0.15, 0.2) is 0 Å². The van der Waals surface area contributed by atoms with Crippen molar-refractivity contribution in [3.63, 3.8) is 0 Å². The van der Waals surface area contributed by atoms with Crippen molar-refractivity contribution in [1.29, 1.82) is 0 Å². The van der Waals surface area contributed by atoms with Crippen LogP contribution in [0.25, 0.3) is 5.69 Å². The van der Waals surface area contributed by atoms with Crippen LogP contribution >= 0.6 is 0 Å². The quantitative estimate of drug-likeness (QED) is 0.921. The van der Waals surface area contributed by atoms with Gasteiger partial charge in [0.2, 0.25) is 0 Å². The normalized spacial score (nSPS) is 22.9. The molecule has 0 amide bonds. The minimum absolute atomic E-state index is 0.540. The molecule has 0 bridgehead atoms. The molecule has 20 heavy (non-hydrogen) atoms. The van der Waals surface area contributed by atoms with Crippen molar-refractivity contribution in [2.24, 2.45) is 0 Å². The second kappa shape index (κ2) is 5.06. The highest BCUT2D eigenvalue weighted by atomic mass is 15.3. The molecule has 3 nitrogen and oxygen atoms in total. The Morgan fingerprint density at radius 2 is 1.85 bits per heavy atom. The zero-order chi connectivity index (χ0) is 13.4. The van der Waals surface area contributed by atoms with Crippen LogP contribution in [0.4, 0.5) is 0 Å². The summed E-state index contributed by atoms with van der Waals surface area (Å²) >= 11 is 0. The molecule has 1 aromatic carbocycles. The van der Waals surface area contributed by atoms with Gasteiger partial charge in [-0.25, -0.2) is 4.68 Å². The molecule has 104 valence electrons. The van der Waals surface area contributed by atoms with Gasteiger partial charge in [-0.1, -0.05) is 18.6 Å². The Morgan fingerprint density at radius 3 is 2.55 bits per heavy atom. The maximum atomic E-state index is 4.49. The van der Waals surface area contributed by atoms with Gasteiger partial charge in [-0.3, -0.25) is 0 Å². The smallest absolute Gasteiger partial charge is 0.0649 e. The lowest BCUT2D eigenvalue weighted by molar-refractivity contribution is 0.412. The summed E-state index contributed by atoms with van der Waals surface area (Å²) in [6, 6.07) is 11.6. The molecule has 2 fully saturated rings. The highest BCUT2D eigenvalue weighted by molar-refractivity contribution is 5.37. The first-order chi connectivity index (χ1) is 9.92. The summed E-state index contributed by atoms with van der Waals surface area (Å²) in [4.78, 5) is 0. The number of hydrogen-bond donors (Lipinski definition) is 1. The minimum atomic E-state index is 0.540. The number of rotatable bonds is 3. The van der Waals surface area contributed by atoms with E-state index in [1.54, 1.807) is 0 Å². The molecule has 1 N–H and O–H groups in total.